The molecule has 0 aromatic heterocycles. The molecule has 196 valence electrons. The first kappa shape index (κ1) is 26.6. The first-order valence-electron chi connectivity index (χ1n) is 11.7. The fourth-order valence-corrected chi connectivity index (χ4v) is 4.34. The van der Waals surface area contributed by atoms with E-state index in [1.165, 1.54) is 19.1 Å². The Hall–Kier alpha value is -4.41. The van der Waals surface area contributed by atoms with Crippen molar-refractivity contribution in [1.29, 1.82) is 0 Å². The highest BCUT2D eigenvalue weighted by Crippen LogP contribution is 2.40. The number of carbonyl (C=O) groups excluding carboxylic acids is 2. The van der Waals surface area contributed by atoms with Crippen LogP contribution >= 0.6 is 11.6 Å². The van der Waals surface area contributed by atoms with Gasteiger partial charge in [-0.15, -0.1) is 0 Å². The van der Waals surface area contributed by atoms with E-state index in [2.05, 4.69) is 10.6 Å². The molecule has 0 spiro atoms. The number of fused-ring (bicyclic) bond motifs is 1. The third-order valence-electron chi connectivity index (χ3n) is 6.09. The molecule has 2 amide bonds. The van der Waals surface area contributed by atoms with Gasteiger partial charge in [0, 0.05) is 53.6 Å². The highest BCUT2D eigenvalue weighted by Gasteiger charge is 2.29. The van der Waals surface area contributed by atoms with Crippen LogP contribution in [0.2, 0.25) is 5.02 Å². The topological polar surface area (TPSA) is 134 Å². The Morgan fingerprint density at radius 1 is 1.08 bits per heavy atom. The summed E-state index contributed by atoms with van der Waals surface area (Å²) < 4.78 is 0. The lowest BCUT2D eigenvalue weighted by atomic mass is 9.99. The van der Waals surface area contributed by atoms with Crippen molar-refractivity contribution in [3.63, 3.8) is 0 Å². The second-order valence-corrected chi connectivity index (χ2v) is 9.51. The third-order valence-corrected chi connectivity index (χ3v) is 6.33. The van der Waals surface area contributed by atoms with Crippen LogP contribution in [-0.4, -0.2) is 48.8 Å². The predicted molar refractivity (Wildman–Crippen MR) is 151 cm³/mol. The summed E-state index contributed by atoms with van der Waals surface area (Å²) in [6.45, 7) is 2.74. The number of likely N-dealkylation sites (N-methyl/N-ethyl adjacent to an activating group) is 1. The van der Waals surface area contributed by atoms with Gasteiger partial charge in [0.25, 0.3) is 11.6 Å². The monoisotopic (exact) mass is 534 g/mol. The molecule has 0 saturated carbocycles. The zero-order chi connectivity index (χ0) is 27.6. The second-order valence-electron chi connectivity index (χ2n) is 9.07. The van der Waals surface area contributed by atoms with Crippen LogP contribution in [0.15, 0.2) is 60.7 Å². The largest absolute Gasteiger partial charge is 0.393 e. The summed E-state index contributed by atoms with van der Waals surface area (Å²) in [4.78, 5) is 40.0. The van der Waals surface area contributed by atoms with Crippen molar-refractivity contribution in [1.82, 2.24) is 4.90 Å². The number of halogens is 1. The van der Waals surface area contributed by atoms with Gasteiger partial charge in [-0.25, -0.2) is 0 Å². The van der Waals surface area contributed by atoms with E-state index in [0.29, 0.717) is 51.9 Å². The molecular weight excluding hydrogens is 508 g/mol. The molecule has 0 aliphatic carbocycles. The van der Waals surface area contributed by atoms with Gasteiger partial charge in [0.1, 0.15) is 5.69 Å². The van der Waals surface area contributed by atoms with Gasteiger partial charge in [0.15, 0.2) is 0 Å². The molecular formula is C27H27ClN6O4. The minimum Gasteiger partial charge on any atom is -0.393 e. The number of benzene rings is 3. The molecule has 0 atom stereocenters. The second kappa shape index (κ2) is 10.9. The number of nitro benzene ring substituents is 1. The van der Waals surface area contributed by atoms with Crippen LogP contribution in [0.4, 0.5) is 28.4 Å². The summed E-state index contributed by atoms with van der Waals surface area (Å²) in [7, 11) is 3.88. The molecule has 4 N–H and O–H groups in total. The molecule has 0 radical (unpaired) electrons. The van der Waals surface area contributed by atoms with Crippen LogP contribution in [0.1, 0.15) is 18.1 Å². The molecule has 0 unspecified atom stereocenters. The number of nitrogen functional groups attached to an aromatic ring is 1. The summed E-state index contributed by atoms with van der Waals surface area (Å²) in [6, 6.07) is 16.6. The van der Waals surface area contributed by atoms with E-state index >= 15 is 0 Å². The Bertz CT molecular complexity index is 1450. The summed E-state index contributed by atoms with van der Waals surface area (Å²) in [6.07, 6.45) is 0. The molecule has 1 heterocycles. The van der Waals surface area contributed by atoms with Crippen LogP contribution in [0.3, 0.4) is 0 Å². The third kappa shape index (κ3) is 5.61. The fourth-order valence-electron chi connectivity index (χ4n) is 4.17. The zero-order valence-electron chi connectivity index (χ0n) is 21.1. The molecule has 0 fully saturated rings. The van der Waals surface area contributed by atoms with Gasteiger partial charge in [-0.1, -0.05) is 23.7 Å². The molecule has 1 aliphatic rings. The highest BCUT2D eigenvalue weighted by atomic mass is 35.5. The van der Waals surface area contributed by atoms with Crippen molar-refractivity contribution in [2.45, 2.75) is 6.92 Å². The summed E-state index contributed by atoms with van der Waals surface area (Å²) >= 11 is 6.12. The van der Waals surface area contributed by atoms with Gasteiger partial charge in [-0.05, 0) is 56.6 Å². The molecule has 0 saturated heterocycles. The number of amides is 2. The van der Waals surface area contributed by atoms with Crippen LogP contribution in [0.5, 0.6) is 0 Å². The number of nitrogens with zero attached hydrogens (tertiary/aromatic N) is 3. The average Bonchev–Trinajstić information content (AvgIpc) is 3.17. The standard InChI is InChI=1S/C27H27ClN6O4/c1-16(35)33(13-12-32(2)3)20-8-6-19(7-9-20)30-26(17-4-11-22(29)24(14-17)34(37)38)25-21-10-5-18(28)15-23(21)31-27(25)36/h4-11,14-15,30H,12-13,29H2,1-3H3,(H,31,36)/b26-25-. The van der Waals surface area contributed by atoms with Crippen LogP contribution < -0.4 is 21.3 Å². The lowest BCUT2D eigenvalue weighted by Crippen LogP contribution is -2.35. The van der Waals surface area contributed by atoms with Gasteiger partial charge >= 0.3 is 0 Å². The molecule has 4 rings (SSSR count). The van der Waals surface area contributed by atoms with Gasteiger partial charge < -0.3 is 26.2 Å². The molecule has 3 aromatic carbocycles. The number of nitrogens with two attached hydrogens (primary N) is 1. The predicted octanol–water partition coefficient (Wildman–Crippen LogP) is 4.68. The highest BCUT2D eigenvalue weighted by molar-refractivity contribution is 6.38. The molecule has 3 aromatic rings. The van der Waals surface area contributed by atoms with E-state index in [1.807, 2.05) is 19.0 Å². The van der Waals surface area contributed by atoms with Crippen molar-refractivity contribution >= 4 is 63.1 Å². The maximum absolute atomic E-state index is 13.1. The quantitative estimate of drug-likeness (QED) is 0.165. The Kier molecular flexibility index (Phi) is 7.65. The van der Waals surface area contributed by atoms with Crippen LogP contribution in [0.25, 0.3) is 11.3 Å². The molecule has 38 heavy (non-hydrogen) atoms. The maximum atomic E-state index is 13.1. The maximum Gasteiger partial charge on any atom is 0.292 e. The zero-order valence-corrected chi connectivity index (χ0v) is 21.9. The Morgan fingerprint density at radius 2 is 1.79 bits per heavy atom. The lowest BCUT2D eigenvalue weighted by Gasteiger charge is -2.23. The first-order chi connectivity index (χ1) is 18.0. The van der Waals surface area contributed by atoms with E-state index in [0.717, 1.165) is 5.69 Å². The minimum absolute atomic E-state index is 0.0116. The number of rotatable bonds is 8. The van der Waals surface area contributed by atoms with Crippen molar-refractivity contribution in [2.75, 3.05) is 48.5 Å². The fraction of sp³-hybridized carbons (Fsp3) is 0.185. The SMILES string of the molecule is CC(=O)N(CCN(C)C)c1ccc(N/C(=C2\C(=O)Nc3cc(Cl)ccc32)c2ccc(N)c([N+](=O)[O-])c2)cc1. The molecule has 10 nitrogen and oxygen atoms in total. The Labute approximate surface area is 224 Å². The molecule has 1 aliphatic heterocycles. The van der Waals surface area contributed by atoms with E-state index in [4.69, 9.17) is 17.3 Å². The van der Waals surface area contributed by atoms with Gasteiger partial charge in [0.2, 0.25) is 5.91 Å². The smallest absolute Gasteiger partial charge is 0.292 e. The van der Waals surface area contributed by atoms with Gasteiger partial charge in [-0.3, -0.25) is 19.7 Å². The molecule has 0 bridgehead atoms. The van der Waals surface area contributed by atoms with E-state index in [1.54, 1.807) is 53.4 Å². The first-order valence-corrected chi connectivity index (χ1v) is 12.1. The minimum atomic E-state index is -0.567. The van der Waals surface area contributed by atoms with E-state index in [9.17, 15) is 19.7 Å². The number of anilines is 4. The number of nitro groups is 1. The number of carbonyl (C=O) groups is 2. The lowest BCUT2D eigenvalue weighted by molar-refractivity contribution is -0.383. The van der Waals surface area contributed by atoms with Crippen molar-refractivity contribution in [3.8, 4) is 0 Å². The van der Waals surface area contributed by atoms with E-state index < -0.39 is 4.92 Å². The van der Waals surface area contributed by atoms with E-state index in [-0.39, 0.29) is 23.2 Å². The summed E-state index contributed by atoms with van der Waals surface area (Å²) in [5, 5.41) is 18.1. The number of hydrogen-bond acceptors (Lipinski definition) is 7. The number of nitrogens with one attached hydrogen (secondary N) is 2. The summed E-state index contributed by atoms with van der Waals surface area (Å²) in [5.74, 6) is -0.463. The molecule has 11 heteroatoms. The van der Waals surface area contributed by atoms with Crippen LogP contribution in [-0.2, 0) is 9.59 Å². The van der Waals surface area contributed by atoms with Crippen molar-refractivity contribution < 1.29 is 14.5 Å². The number of hydrogen-bond donors (Lipinski definition) is 3. The van der Waals surface area contributed by atoms with Crippen molar-refractivity contribution in [2.24, 2.45) is 0 Å². The van der Waals surface area contributed by atoms with Crippen LogP contribution in [0, 0.1) is 10.1 Å². The van der Waals surface area contributed by atoms with Crippen molar-refractivity contribution in [3.05, 3.63) is 86.9 Å². The summed E-state index contributed by atoms with van der Waals surface area (Å²) in [5.41, 5.74) is 9.10. The van der Waals surface area contributed by atoms with Gasteiger partial charge in [0.05, 0.1) is 21.9 Å². The average molecular weight is 535 g/mol. The van der Waals surface area contributed by atoms with Gasteiger partial charge in [-0.2, -0.15) is 0 Å². The Balaban J connectivity index is 1.79. The normalized spacial score (nSPS) is 13.7. The Morgan fingerprint density at radius 3 is 2.42 bits per heavy atom.